The van der Waals surface area contributed by atoms with Gasteiger partial charge < -0.3 is 10.2 Å². The Morgan fingerprint density at radius 3 is 2.57 bits per heavy atom. The number of rotatable bonds is 2. The largest absolute Gasteiger partial charge is 0.355 e. The van der Waals surface area contributed by atoms with E-state index in [0.717, 1.165) is 45.2 Å². The highest BCUT2D eigenvalue weighted by Gasteiger charge is 2.47. The minimum Gasteiger partial charge on any atom is -0.355 e. The molecule has 4 rings (SSSR count). The van der Waals surface area contributed by atoms with Crippen LogP contribution < -0.4 is 5.32 Å². The van der Waals surface area contributed by atoms with Gasteiger partial charge in [0.2, 0.25) is 11.8 Å². The van der Waals surface area contributed by atoms with Crippen LogP contribution in [-0.2, 0) is 15.0 Å². The molecular weight excluding hydrogens is 372 g/mol. The van der Waals surface area contributed by atoms with Gasteiger partial charge in [0.1, 0.15) is 0 Å². The van der Waals surface area contributed by atoms with Crippen molar-refractivity contribution in [3.05, 3.63) is 35.4 Å². The maximum Gasteiger partial charge on any atom is 0.227 e. The summed E-state index contributed by atoms with van der Waals surface area (Å²) in [6, 6.07) is 9.18. The lowest BCUT2D eigenvalue weighted by Gasteiger charge is -2.53. The van der Waals surface area contributed by atoms with Crippen molar-refractivity contribution in [2.45, 2.75) is 83.5 Å². The third-order valence-electron chi connectivity index (χ3n) is 7.82. The minimum atomic E-state index is -0.0300. The van der Waals surface area contributed by atoms with E-state index in [-0.39, 0.29) is 23.1 Å². The maximum atomic E-state index is 13.0. The number of nitrogens with zero attached hydrogens (tertiary/aromatic N) is 1. The smallest absolute Gasteiger partial charge is 0.227 e. The van der Waals surface area contributed by atoms with E-state index in [1.54, 1.807) is 0 Å². The quantitative estimate of drug-likeness (QED) is 0.763. The Bertz CT molecular complexity index is 778. The lowest BCUT2D eigenvalue weighted by Crippen LogP contribution is -2.50. The third kappa shape index (κ3) is 4.58. The van der Waals surface area contributed by atoms with Crippen molar-refractivity contribution < 1.29 is 9.59 Å². The summed E-state index contributed by atoms with van der Waals surface area (Å²) >= 11 is 0. The number of carbonyl (C=O) groups is 2. The van der Waals surface area contributed by atoms with Crippen LogP contribution >= 0.6 is 0 Å². The molecule has 0 aromatic heterocycles. The first-order chi connectivity index (χ1) is 14.3. The summed E-state index contributed by atoms with van der Waals surface area (Å²) in [6.07, 6.45) is 8.19. The average Bonchev–Trinajstić information content (AvgIpc) is 2.68. The van der Waals surface area contributed by atoms with Crippen molar-refractivity contribution in [1.29, 1.82) is 0 Å². The van der Waals surface area contributed by atoms with Crippen molar-refractivity contribution in [2.75, 3.05) is 19.6 Å². The molecule has 30 heavy (non-hydrogen) atoms. The number of amides is 2. The van der Waals surface area contributed by atoms with Crippen LogP contribution in [0.3, 0.4) is 0 Å². The van der Waals surface area contributed by atoms with Crippen molar-refractivity contribution in [2.24, 2.45) is 11.3 Å². The molecule has 1 saturated carbocycles. The summed E-state index contributed by atoms with van der Waals surface area (Å²) < 4.78 is 0. The molecule has 164 valence electrons. The van der Waals surface area contributed by atoms with Gasteiger partial charge in [0.15, 0.2) is 0 Å². The molecule has 2 amide bonds. The first kappa shape index (κ1) is 21.4. The molecule has 2 heterocycles. The molecule has 3 fully saturated rings. The molecule has 3 aliphatic rings. The third-order valence-corrected chi connectivity index (χ3v) is 7.82. The molecule has 2 aliphatic heterocycles. The molecule has 1 aromatic carbocycles. The van der Waals surface area contributed by atoms with E-state index in [0.29, 0.717) is 24.3 Å². The summed E-state index contributed by atoms with van der Waals surface area (Å²) in [6.45, 7) is 9.13. The summed E-state index contributed by atoms with van der Waals surface area (Å²) in [5.41, 5.74) is 3.55. The fourth-order valence-electron chi connectivity index (χ4n) is 5.66. The van der Waals surface area contributed by atoms with Crippen LogP contribution in [0.5, 0.6) is 0 Å². The molecule has 4 heteroatoms. The molecule has 2 saturated heterocycles. The Kier molecular flexibility index (Phi) is 5.96. The first-order valence-corrected chi connectivity index (χ1v) is 11.9. The topological polar surface area (TPSA) is 49.4 Å². The monoisotopic (exact) mass is 410 g/mol. The highest BCUT2D eigenvalue weighted by atomic mass is 16.2. The summed E-state index contributed by atoms with van der Waals surface area (Å²) in [7, 11) is 0. The van der Waals surface area contributed by atoms with Crippen LogP contribution in [-0.4, -0.2) is 36.3 Å². The van der Waals surface area contributed by atoms with E-state index in [2.05, 4.69) is 55.3 Å². The number of likely N-dealkylation sites (tertiary alicyclic amines) is 1. The van der Waals surface area contributed by atoms with Gasteiger partial charge in [0, 0.05) is 26.1 Å². The Morgan fingerprint density at radius 2 is 1.87 bits per heavy atom. The second-order valence-corrected chi connectivity index (χ2v) is 11.1. The highest BCUT2D eigenvalue weighted by Crippen LogP contribution is 2.56. The Labute approximate surface area is 181 Å². The maximum absolute atomic E-state index is 13.0. The second-order valence-electron chi connectivity index (χ2n) is 11.1. The van der Waals surface area contributed by atoms with Crippen LogP contribution in [0.2, 0.25) is 0 Å². The minimum absolute atomic E-state index is 0.0300. The van der Waals surface area contributed by atoms with Gasteiger partial charge in [0.05, 0.1) is 5.92 Å². The van der Waals surface area contributed by atoms with E-state index in [9.17, 15) is 9.59 Å². The zero-order valence-corrected chi connectivity index (χ0v) is 19.0. The van der Waals surface area contributed by atoms with Gasteiger partial charge in [-0.1, -0.05) is 51.5 Å². The first-order valence-electron chi connectivity index (χ1n) is 11.9. The normalized spacial score (nSPS) is 25.2. The standard InChI is InChI=1S/C26H38N2O2/c1-25(2,3)22-9-6-8-19(15-22)21-16-26(17-21)11-13-28(14-12-26)24(30)20-7-4-5-10-23(29)27-18-20/h6,8-9,15,20-21H,4-5,7,10-14,16-18H2,1-3H3,(H,27,29)/t20-/m1/s1. The molecule has 0 bridgehead atoms. The van der Waals surface area contributed by atoms with Gasteiger partial charge in [0.25, 0.3) is 0 Å². The summed E-state index contributed by atoms with van der Waals surface area (Å²) in [4.78, 5) is 26.8. The van der Waals surface area contributed by atoms with Crippen LogP contribution in [0.25, 0.3) is 0 Å². The number of carbonyl (C=O) groups excluding carboxylic acids is 2. The molecule has 4 nitrogen and oxygen atoms in total. The average molecular weight is 411 g/mol. The molecule has 1 aliphatic carbocycles. The SMILES string of the molecule is CC(C)(C)c1cccc(C2CC3(CCN(C(=O)[C@@H]4CCCCC(=O)NC4)CC3)C2)c1. The number of piperidine rings is 1. The lowest BCUT2D eigenvalue weighted by molar-refractivity contribution is -0.139. The number of hydrogen-bond donors (Lipinski definition) is 1. The van der Waals surface area contributed by atoms with E-state index in [1.807, 2.05) is 0 Å². The second kappa shape index (κ2) is 8.36. The van der Waals surface area contributed by atoms with Gasteiger partial charge in [-0.05, 0) is 66.4 Å². The van der Waals surface area contributed by atoms with Crippen LogP contribution in [0.4, 0.5) is 0 Å². The Hall–Kier alpha value is -1.84. The predicted molar refractivity (Wildman–Crippen MR) is 120 cm³/mol. The fourth-order valence-corrected chi connectivity index (χ4v) is 5.66. The number of hydrogen-bond acceptors (Lipinski definition) is 2. The molecular formula is C26H38N2O2. The highest BCUT2D eigenvalue weighted by molar-refractivity contribution is 5.81. The molecule has 0 unspecified atom stereocenters. The van der Waals surface area contributed by atoms with Crippen LogP contribution in [0.15, 0.2) is 24.3 Å². The van der Waals surface area contributed by atoms with Gasteiger partial charge in [-0.15, -0.1) is 0 Å². The van der Waals surface area contributed by atoms with Crippen molar-refractivity contribution >= 4 is 11.8 Å². The summed E-state index contributed by atoms with van der Waals surface area (Å²) in [5, 5.41) is 2.95. The zero-order chi connectivity index (χ0) is 21.4. The van der Waals surface area contributed by atoms with Crippen molar-refractivity contribution in [1.82, 2.24) is 10.2 Å². The molecule has 1 atom stereocenters. The van der Waals surface area contributed by atoms with E-state index in [1.165, 1.54) is 24.0 Å². The predicted octanol–water partition coefficient (Wildman–Crippen LogP) is 4.78. The molecule has 1 N–H and O–H groups in total. The number of benzene rings is 1. The zero-order valence-electron chi connectivity index (χ0n) is 19.0. The molecule has 1 spiro atoms. The van der Waals surface area contributed by atoms with E-state index in [4.69, 9.17) is 0 Å². The number of nitrogens with one attached hydrogen (secondary N) is 1. The van der Waals surface area contributed by atoms with Gasteiger partial charge in [-0.25, -0.2) is 0 Å². The van der Waals surface area contributed by atoms with E-state index >= 15 is 0 Å². The van der Waals surface area contributed by atoms with Crippen LogP contribution in [0, 0.1) is 11.3 Å². The summed E-state index contributed by atoms with van der Waals surface area (Å²) in [5.74, 6) is 1.01. The van der Waals surface area contributed by atoms with Crippen molar-refractivity contribution in [3.63, 3.8) is 0 Å². The van der Waals surface area contributed by atoms with Gasteiger partial charge in [-0.2, -0.15) is 0 Å². The van der Waals surface area contributed by atoms with Crippen molar-refractivity contribution in [3.8, 4) is 0 Å². The Balaban J connectivity index is 1.30. The lowest BCUT2D eigenvalue weighted by atomic mass is 9.56. The fraction of sp³-hybridized carbons (Fsp3) is 0.692. The molecule has 0 radical (unpaired) electrons. The van der Waals surface area contributed by atoms with Crippen LogP contribution in [0.1, 0.15) is 89.2 Å². The van der Waals surface area contributed by atoms with Gasteiger partial charge >= 0.3 is 0 Å². The van der Waals surface area contributed by atoms with E-state index < -0.39 is 0 Å². The Morgan fingerprint density at radius 1 is 1.13 bits per heavy atom. The van der Waals surface area contributed by atoms with Gasteiger partial charge in [-0.3, -0.25) is 9.59 Å². The molecule has 1 aromatic rings.